The van der Waals surface area contributed by atoms with Gasteiger partial charge in [-0.2, -0.15) is 0 Å². The fraction of sp³-hybridized carbons (Fsp3) is 0.455. The van der Waals surface area contributed by atoms with Crippen LogP contribution in [0.2, 0.25) is 0 Å². The average Bonchev–Trinajstić information content (AvgIpc) is 2.28. The monoisotopic (exact) mass is 223 g/mol. The highest BCUT2D eigenvalue weighted by Crippen LogP contribution is 2.11. The van der Waals surface area contributed by atoms with E-state index in [4.69, 9.17) is 10.5 Å². The normalized spacial score (nSPS) is 12.2. The summed E-state index contributed by atoms with van der Waals surface area (Å²) in [5.74, 6) is -0.192. The molecular formula is C11H17N3O2. The van der Waals surface area contributed by atoms with Crippen molar-refractivity contribution < 1.29 is 9.53 Å². The zero-order valence-corrected chi connectivity index (χ0v) is 9.80. The number of carbonyl (C=O) groups excluding carboxylic acids is 1. The van der Waals surface area contributed by atoms with E-state index in [1.54, 1.807) is 37.4 Å². The summed E-state index contributed by atoms with van der Waals surface area (Å²) in [6.07, 6.45) is 1.55. The third-order valence-electron chi connectivity index (χ3n) is 2.43. The highest BCUT2D eigenvalue weighted by Gasteiger charge is 2.20. The minimum absolute atomic E-state index is 0.0149. The number of hydrogen-bond acceptors (Lipinski definition) is 4. The molecule has 1 heterocycles. The zero-order chi connectivity index (χ0) is 12.1. The van der Waals surface area contributed by atoms with E-state index < -0.39 is 0 Å². The van der Waals surface area contributed by atoms with Crippen molar-refractivity contribution in [3.63, 3.8) is 0 Å². The number of nitrogens with zero attached hydrogens (tertiary/aromatic N) is 2. The predicted molar refractivity (Wildman–Crippen MR) is 62.1 cm³/mol. The highest BCUT2D eigenvalue weighted by molar-refractivity contribution is 5.97. The van der Waals surface area contributed by atoms with E-state index in [0.717, 1.165) is 0 Å². The van der Waals surface area contributed by atoms with Crippen LogP contribution in [-0.4, -0.2) is 42.6 Å². The molecule has 0 saturated carbocycles. The second kappa shape index (κ2) is 5.46. The SMILES string of the molecule is COCC(C)N(C)C(=O)c1ncccc1N. The van der Waals surface area contributed by atoms with Gasteiger partial charge in [0.05, 0.1) is 18.3 Å². The number of nitrogen functional groups attached to an aromatic ring is 1. The number of anilines is 1. The highest BCUT2D eigenvalue weighted by atomic mass is 16.5. The molecule has 88 valence electrons. The number of amides is 1. The van der Waals surface area contributed by atoms with Crippen molar-refractivity contribution in [2.24, 2.45) is 0 Å². The Morgan fingerprint density at radius 1 is 1.69 bits per heavy atom. The quantitative estimate of drug-likeness (QED) is 0.818. The van der Waals surface area contributed by atoms with Crippen LogP contribution in [0.3, 0.4) is 0 Å². The lowest BCUT2D eigenvalue weighted by Crippen LogP contribution is -2.38. The molecule has 0 aliphatic heterocycles. The second-order valence-electron chi connectivity index (χ2n) is 3.66. The first-order valence-electron chi connectivity index (χ1n) is 5.04. The third kappa shape index (κ3) is 2.70. The van der Waals surface area contributed by atoms with Crippen LogP contribution in [0.5, 0.6) is 0 Å². The zero-order valence-electron chi connectivity index (χ0n) is 9.80. The molecule has 1 atom stereocenters. The maximum Gasteiger partial charge on any atom is 0.274 e. The maximum absolute atomic E-state index is 12.0. The van der Waals surface area contributed by atoms with Gasteiger partial charge in [-0.25, -0.2) is 4.98 Å². The second-order valence-corrected chi connectivity index (χ2v) is 3.66. The largest absolute Gasteiger partial charge is 0.397 e. The van der Waals surface area contributed by atoms with Crippen molar-refractivity contribution in [2.45, 2.75) is 13.0 Å². The molecule has 16 heavy (non-hydrogen) atoms. The van der Waals surface area contributed by atoms with Gasteiger partial charge in [-0.1, -0.05) is 0 Å². The smallest absolute Gasteiger partial charge is 0.274 e. The molecule has 0 spiro atoms. The number of rotatable bonds is 4. The number of likely N-dealkylation sites (N-methyl/N-ethyl adjacent to an activating group) is 1. The first kappa shape index (κ1) is 12.4. The summed E-state index contributed by atoms with van der Waals surface area (Å²) in [5, 5.41) is 0. The van der Waals surface area contributed by atoms with Crippen molar-refractivity contribution in [3.8, 4) is 0 Å². The van der Waals surface area contributed by atoms with Crippen molar-refractivity contribution in [2.75, 3.05) is 26.5 Å². The summed E-state index contributed by atoms with van der Waals surface area (Å²) >= 11 is 0. The van der Waals surface area contributed by atoms with Gasteiger partial charge in [0, 0.05) is 20.4 Å². The fourth-order valence-corrected chi connectivity index (χ4v) is 1.32. The van der Waals surface area contributed by atoms with Crippen LogP contribution in [0.4, 0.5) is 5.69 Å². The van der Waals surface area contributed by atoms with Crippen molar-refractivity contribution in [1.82, 2.24) is 9.88 Å². The number of ether oxygens (including phenoxy) is 1. The van der Waals surface area contributed by atoms with Crippen LogP contribution < -0.4 is 5.73 Å². The summed E-state index contributed by atoms with van der Waals surface area (Å²) in [7, 11) is 3.31. The molecule has 2 N–H and O–H groups in total. The lowest BCUT2D eigenvalue weighted by Gasteiger charge is -2.24. The number of aromatic nitrogens is 1. The predicted octanol–water partition coefficient (Wildman–Crippen LogP) is 0.771. The molecule has 1 unspecified atom stereocenters. The average molecular weight is 223 g/mol. The molecule has 1 amide bonds. The minimum Gasteiger partial charge on any atom is -0.397 e. The van der Waals surface area contributed by atoms with E-state index in [-0.39, 0.29) is 17.6 Å². The fourth-order valence-electron chi connectivity index (χ4n) is 1.32. The topological polar surface area (TPSA) is 68.5 Å². The molecule has 0 fully saturated rings. The van der Waals surface area contributed by atoms with Gasteiger partial charge < -0.3 is 15.4 Å². The number of hydrogen-bond donors (Lipinski definition) is 1. The summed E-state index contributed by atoms with van der Waals surface area (Å²) in [5.41, 5.74) is 6.37. The Bertz CT molecular complexity index is 368. The van der Waals surface area contributed by atoms with Gasteiger partial charge in [0.1, 0.15) is 0 Å². The number of carbonyl (C=O) groups is 1. The van der Waals surface area contributed by atoms with E-state index in [9.17, 15) is 4.79 Å². The van der Waals surface area contributed by atoms with E-state index in [0.29, 0.717) is 12.3 Å². The molecule has 0 radical (unpaired) electrons. The third-order valence-corrected chi connectivity index (χ3v) is 2.43. The standard InChI is InChI=1S/C11H17N3O2/c1-8(7-16-3)14(2)11(15)10-9(12)5-4-6-13-10/h4-6,8H,7,12H2,1-3H3. The Kier molecular flexibility index (Phi) is 4.25. The van der Waals surface area contributed by atoms with Crippen LogP contribution in [0.25, 0.3) is 0 Å². The van der Waals surface area contributed by atoms with Gasteiger partial charge >= 0.3 is 0 Å². The van der Waals surface area contributed by atoms with E-state index in [1.807, 2.05) is 6.92 Å². The molecular weight excluding hydrogens is 206 g/mol. The Hall–Kier alpha value is -1.62. The molecule has 0 aromatic carbocycles. The van der Waals surface area contributed by atoms with Crippen molar-refractivity contribution in [3.05, 3.63) is 24.0 Å². The van der Waals surface area contributed by atoms with Crippen molar-refractivity contribution in [1.29, 1.82) is 0 Å². The lowest BCUT2D eigenvalue weighted by atomic mass is 10.2. The number of nitrogens with two attached hydrogens (primary N) is 1. The molecule has 5 heteroatoms. The maximum atomic E-state index is 12.0. The first-order valence-corrected chi connectivity index (χ1v) is 5.04. The summed E-state index contributed by atoms with van der Waals surface area (Å²) in [6, 6.07) is 3.35. The van der Waals surface area contributed by atoms with Gasteiger partial charge in [-0.05, 0) is 19.1 Å². The Morgan fingerprint density at radius 3 is 2.94 bits per heavy atom. The van der Waals surface area contributed by atoms with E-state index in [2.05, 4.69) is 4.98 Å². The van der Waals surface area contributed by atoms with Crippen LogP contribution >= 0.6 is 0 Å². The van der Waals surface area contributed by atoms with E-state index >= 15 is 0 Å². The minimum atomic E-state index is -0.192. The Labute approximate surface area is 95.2 Å². The molecule has 1 aromatic rings. The number of pyridine rings is 1. The molecule has 1 rings (SSSR count). The van der Waals surface area contributed by atoms with Crippen LogP contribution in [0.15, 0.2) is 18.3 Å². The van der Waals surface area contributed by atoms with Crippen molar-refractivity contribution >= 4 is 11.6 Å². The molecule has 5 nitrogen and oxygen atoms in total. The van der Waals surface area contributed by atoms with Gasteiger partial charge in [-0.3, -0.25) is 4.79 Å². The molecule has 0 saturated heterocycles. The van der Waals surface area contributed by atoms with Crippen LogP contribution in [-0.2, 0) is 4.74 Å². The summed E-state index contributed by atoms with van der Waals surface area (Å²) < 4.78 is 5.00. The Balaban J connectivity index is 2.82. The van der Waals surface area contributed by atoms with Gasteiger partial charge in [0.15, 0.2) is 5.69 Å². The van der Waals surface area contributed by atoms with Gasteiger partial charge in [-0.15, -0.1) is 0 Å². The molecule has 0 aliphatic rings. The lowest BCUT2D eigenvalue weighted by molar-refractivity contribution is 0.0629. The van der Waals surface area contributed by atoms with Gasteiger partial charge in [0.25, 0.3) is 5.91 Å². The first-order chi connectivity index (χ1) is 7.57. The van der Waals surface area contributed by atoms with Crippen LogP contribution in [0.1, 0.15) is 17.4 Å². The molecule has 0 bridgehead atoms. The summed E-state index contributed by atoms with van der Waals surface area (Å²) in [6.45, 7) is 2.38. The van der Waals surface area contributed by atoms with Gasteiger partial charge in [0.2, 0.25) is 0 Å². The summed E-state index contributed by atoms with van der Waals surface area (Å²) in [4.78, 5) is 17.6. The number of methoxy groups -OCH3 is 1. The van der Waals surface area contributed by atoms with Crippen LogP contribution in [0, 0.1) is 0 Å². The molecule has 0 aliphatic carbocycles. The molecule has 1 aromatic heterocycles. The van der Waals surface area contributed by atoms with E-state index in [1.165, 1.54) is 0 Å². The Morgan fingerprint density at radius 2 is 2.38 bits per heavy atom.